The fraction of sp³-hybridized carbons (Fsp3) is 0.692. The van der Waals surface area contributed by atoms with Gasteiger partial charge in [-0.25, -0.2) is 4.98 Å². The molecule has 1 aliphatic carbocycles. The van der Waals surface area contributed by atoms with Crippen LogP contribution in [0.1, 0.15) is 44.5 Å². The van der Waals surface area contributed by atoms with Crippen LogP contribution in [0.4, 0.5) is 0 Å². The van der Waals surface area contributed by atoms with Crippen molar-refractivity contribution in [2.45, 2.75) is 45.1 Å². The van der Waals surface area contributed by atoms with E-state index in [9.17, 15) is 15.0 Å². The zero-order valence-electron chi connectivity index (χ0n) is 10.7. The summed E-state index contributed by atoms with van der Waals surface area (Å²) >= 11 is 1.44. The van der Waals surface area contributed by atoms with Crippen molar-refractivity contribution in [2.24, 2.45) is 11.3 Å². The van der Waals surface area contributed by atoms with Crippen molar-refractivity contribution >= 4 is 17.3 Å². The Kier molecular flexibility index (Phi) is 3.47. The number of aliphatic hydroxyl groups is 1. The maximum absolute atomic E-state index is 11.3. The van der Waals surface area contributed by atoms with Gasteiger partial charge in [-0.05, 0) is 31.1 Å². The first-order chi connectivity index (χ1) is 8.41. The third kappa shape index (κ3) is 2.17. The average Bonchev–Trinajstić information content (AvgIpc) is 2.82. The van der Waals surface area contributed by atoms with Crippen LogP contribution in [0.3, 0.4) is 0 Å². The minimum Gasteiger partial charge on any atom is -0.481 e. The van der Waals surface area contributed by atoms with E-state index in [2.05, 4.69) is 4.98 Å². The monoisotopic (exact) mass is 269 g/mol. The Hall–Kier alpha value is -0.940. The van der Waals surface area contributed by atoms with E-state index in [1.54, 1.807) is 6.20 Å². The SMILES string of the molecule is CCC1(C)CC(O)(c2nccs2)CCC1C(=O)O. The molecule has 0 spiro atoms. The van der Waals surface area contributed by atoms with Crippen LogP contribution in [-0.4, -0.2) is 21.2 Å². The standard InChI is InChI=1S/C13H19NO3S/c1-3-12(2)8-13(17,11-14-6-7-18-11)5-4-9(12)10(15)16/h6-7,9,17H,3-5,8H2,1-2H3,(H,15,16). The summed E-state index contributed by atoms with van der Waals surface area (Å²) in [7, 11) is 0. The molecular formula is C13H19NO3S. The smallest absolute Gasteiger partial charge is 0.307 e. The highest BCUT2D eigenvalue weighted by Crippen LogP contribution is 2.51. The topological polar surface area (TPSA) is 70.4 Å². The summed E-state index contributed by atoms with van der Waals surface area (Å²) in [4.78, 5) is 15.5. The highest BCUT2D eigenvalue weighted by molar-refractivity contribution is 7.09. The normalized spacial score (nSPS) is 36.5. The van der Waals surface area contributed by atoms with Crippen LogP contribution in [0.2, 0.25) is 0 Å². The molecule has 18 heavy (non-hydrogen) atoms. The number of hydrogen-bond donors (Lipinski definition) is 2. The molecule has 0 aliphatic heterocycles. The molecule has 1 saturated carbocycles. The van der Waals surface area contributed by atoms with Gasteiger partial charge in [-0.1, -0.05) is 13.8 Å². The average molecular weight is 269 g/mol. The van der Waals surface area contributed by atoms with Gasteiger partial charge in [0, 0.05) is 11.6 Å². The van der Waals surface area contributed by atoms with Crippen LogP contribution < -0.4 is 0 Å². The summed E-state index contributed by atoms with van der Waals surface area (Å²) in [5, 5.41) is 22.6. The van der Waals surface area contributed by atoms with Gasteiger partial charge >= 0.3 is 5.97 Å². The van der Waals surface area contributed by atoms with Gasteiger partial charge < -0.3 is 10.2 Å². The molecule has 1 heterocycles. The first kappa shape index (κ1) is 13.5. The van der Waals surface area contributed by atoms with Crippen molar-refractivity contribution in [3.63, 3.8) is 0 Å². The van der Waals surface area contributed by atoms with Crippen molar-refractivity contribution in [2.75, 3.05) is 0 Å². The van der Waals surface area contributed by atoms with Crippen LogP contribution in [0.5, 0.6) is 0 Å². The van der Waals surface area contributed by atoms with E-state index in [4.69, 9.17) is 0 Å². The largest absolute Gasteiger partial charge is 0.481 e. The van der Waals surface area contributed by atoms with E-state index >= 15 is 0 Å². The number of aromatic nitrogens is 1. The molecule has 1 fully saturated rings. The molecule has 0 amide bonds. The first-order valence-electron chi connectivity index (χ1n) is 6.26. The summed E-state index contributed by atoms with van der Waals surface area (Å²) in [6.45, 7) is 3.95. The van der Waals surface area contributed by atoms with Crippen LogP contribution in [0, 0.1) is 11.3 Å². The molecule has 0 bridgehead atoms. The van der Waals surface area contributed by atoms with Crippen molar-refractivity contribution < 1.29 is 15.0 Å². The Morgan fingerprint density at radius 1 is 1.67 bits per heavy atom. The number of carboxylic acid groups (broad SMARTS) is 1. The van der Waals surface area contributed by atoms with Crippen LogP contribution in [-0.2, 0) is 10.4 Å². The molecule has 2 N–H and O–H groups in total. The number of rotatable bonds is 3. The number of hydrogen-bond acceptors (Lipinski definition) is 4. The molecular weight excluding hydrogens is 250 g/mol. The molecule has 0 saturated heterocycles. The van der Waals surface area contributed by atoms with E-state index < -0.39 is 11.6 Å². The molecule has 3 atom stereocenters. The van der Waals surface area contributed by atoms with Gasteiger partial charge in [0.1, 0.15) is 10.6 Å². The zero-order chi connectivity index (χ0) is 13.4. The fourth-order valence-electron chi connectivity index (χ4n) is 3.04. The molecule has 0 radical (unpaired) electrons. The molecule has 3 unspecified atom stereocenters. The minimum atomic E-state index is -0.953. The van der Waals surface area contributed by atoms with Crippen LogP contribution in [0.15, 0.2) is 11.6 Å². The van der Waals surface area contributed by atoms with Gasteiger partial charge in [0.05, 0.1) is 5.92 Å². The summed E-state index contributed by atoms with van der Waals surface area (Å²) in [5.74, 6) is -1.12. The summed E-state index contributed by atoms with van der Waals surface area (Å²) in [5.41, 5.74) is -1.32. The Balaban J connectivity index is 2.29. The Morgan fingerprint density at radius 3 is 2.89 bits per heavy atom. The lowest BCUT2D eigenvalue weighted by atomic mass is 9.61. The predicted octanol–water partition coefficient (Wildman–Crippen LogP) is 2.63. The van der Waals surface area contributed by atoms with Crippen molar-refractivity contribution in [1.82, 2.24) is 4.98 Å². The number of aliphatic carboxylic acids is 1. The molecule has 0 aromatic carbocycles. The van der Waals surface area contributed by atoms with Crippen LogP contribution in [0.25, 0.3) is 0 Å². The van der Waals surface area contributed by atoms with Gasteiger partial charge in [0.25, 0.3) is 0 Å². The van der Waals surface area contributed by atoms with E-state index in [1.165, 1.54) is 11.3 Å². The first-order valence-corrected chi connectivity index (χ1v) is 7.14. The predicted molar refractivity (Wildman–Crippen MR) is 69.4 cm³/mol. The molecule has 1 aromatic rings. The zero-order valence-corrected chi connectivity index (χ0v) is 11.5. The van der Waals surface area contributed by atoms with Gasteiger partial charge in [-0.15, -0.1) is 11.3 Å². The number of carboxylic acids is 1. The maximum Gasteiger partial charge on any atom is 0.307 e. The number of carbonyl (C=O) groups is 1. The third-order valence-electron chi connectivity index (χ3n) is 4.32. The van der Waals surface area contributed by atoms with E-state index in [0.29, 0.717) is 24.3 Å². The maximum atomic E-state index is 11.3. The lowest BCUT2D eigenvalue weighted by molar-refractivity contribution is -0.155. The van der Waals surface area contributed by atoms with Gasteiger partial charge in [-0.2, -0.15) is 0 Å². The number of thiazole rings is 1. The Morgan fingerprint density at radius 2 is 2.39 bits per heavy atom. The van der Waals surface area contributed by atoms with Crippen LogP contribution >= 0.6 is 11.3 Å². The van der Waals surface area contributed by atoms with E-state index in [0.717, 1.165) is 6.42 Å². The summed E-state index contributed by atoms with van der Waals surface area (Å²) < 4.78 is 0. The quantitative estimate of drug-likeness (QED) is 0.885. The second-order valence-electron chi connectivity index (χ2n) is 5.48. The fourth-order valence-corrected chi connectivity index (χ4v) is 3.81. The van der Waals surface area contributed by atoms with Crippen molar-refractivity contribution in [3.05, 3.63) is 16.6 Å². The summed E-state index contributed by atoms with van der Waals surface area (Å²) in [6, 6.07) is 0. The van der Waals surface area contributed by atoms with Crippen molar-refractivity contribution in [1.29, 1.82) is 0 Å². The Bertz CT molecular complexity index is 433. The highest BCUT2D eigenvalue weighted by Gasteiger charge is 2.50. The van der Waals surface area contributed by atoms with E-state index in [-0.39, 0.29) is 11.3 Å². The van der Waals surface area contributed by atoms with Crippen molar-refractivity contribution in [3.8, 4) is 0 Å². The van der Waals surface area contributed by atoms with E-state index in [1.807, 2.05) is 19.2 Å². The molecule has 2 rings (SSSR count). The molecule has 100 valence electrons. The second-order valence-corrected chi connectivity index (χ2v) is 6.38. The molecule has 4 nitrogen and oxygen atoms in total. The van der Waals surface area contributed by atoms with Gasteiger partial charge in [-0.3, -0.25) is 4.79 Å². The lowest BCUT2D eigenvalue weighted by Crippen LogP contribution is -2.45. The molecule has 1 aromatic heterocycles. The highest BCUT2D eigenvalue weighted by atomic mass is 32.1. The van der Waals surface area contributed by atoms with Gasteiger partial charge in [0.15, 0.2) is 0 Å². The second kappa shape index (κ2) is 4.63. The Labute approximate surface area is 111 Å². The molecule has 1 aliphatic rings. The third-order valence-corrected chi connectivity index (χ3v) is 5.29. The lowest BCUT2D eigenvalue weighted by Gasteiger charge is -2.45. The van der Waals surface area contributed by atoms with Gasteiger partial charge in [0.2, 0.25) is 0 Å². The summed E-state index contributed by atoms with van der Waals surface area (Å²) in [6.07, 6.45) is 3.89. The minimum absolute atomic E-state index is 0.371. The molecule has 5 heteroatoms. The number of nitrogens with zero attached hydrogens (tertiary/aromatic N) is 1.